The molecule has 0 aliphatic heterocycles. The second-order valence-electron chi connectivity index (χ2n) is 6.44. The Balaban J connectivity index is 3.86. The van der Waals surface area contributed by atoms with E-state index < -0.39 is 0 Å². The molecule has 18 heavy (non-hydrogen) atoms. The molecule has 0 amide bonds. The van der Waals surface area contributed by atoms with Gasteiger partial charge >= 0.3 is 0 Å². The molecule has 0 heteroatoms. The van der Waals surface area contributed by atoms with Crippen molar-refractivity contribution in [1.29, 1.82) is 0 Å². The minimum absolute atomic E-state index is 0.577. The lowest BCUT2D eigenvalue weighted by atomic mass is 9.75. The highest BCUT2D eigenvalue weighted by molar-refractivity contribution is 4.80. The normalized spacial score (nSPS) is 13.0. The molecule has 0 aromatic rings. The molecular formula is C18H37. The Labute approximate surface area is 117 Å². The van der Waals surface area contributed by atoms with Crippen LogP contribution in [0, 0.1) is 17.3 Å². The molecule has 0 bridgehead atoms. The quantitative estimate of drug-likeness (QED) is 0.355. The van der Waals surface area contributed by atoms with Gasteiger partial charge in [0.05, 0.1) is 0 Å². The minimum atomic E-state index is 0.577. The van der Waals surface area contributed by atoms with Gasteiger partial charge in [-0.25, -0.2) is 0 Å². The van der Waals surface area contributed by atoms with Gasteiger partial charge in [-0.1, -0.05) is 73.6 Å². The average Bonchev–Trinajstić information content (AvgIpc) is 2.43. The summed E-state index contributed by atoms with van der Waals surface area (Å²) >= 11 is 0. The highest BCUT2D eigenvalue weighted by Gasteiger charge is 2.23. The van der Waals surface area contributed by atoms with Crippen molar-refractivity contribution in [2.75, 3.05) is 0 Å². The Morgan fingerprint density at radius 2 is 1.11 bits per heavy atom. The summed E-state index contributed by atoms with van der Waals surface area (Å²) in [6.07, 6.45) is 14.6. The Bertz CT molecular complexity index is 176. The second-order valence-corrected chi connectivity index (χ2v) is 6.44. The largest absolute Gasteiger partial charge is 0.0649 e. The molecule has 0 aliphatic rings. The Kier molecular flexibility index (Phi) is 8.99. The molecule has 0 aromatic carbocycles. The van der Waals surface area contributed by atoms with E-state index >= 15 is 0 Å². The first-order valence-electron chi connectivity index (χ1n) is 8.33. The van der Waals surface area contributed by atoms with Crippen molar-refractivity contribution >= 4 is 0 Å². The molecular weight excluding hydrogens is 216 g/mol. The number of hydrogen-bond donors (Lipinski definition) is 0. The van der Waals surface area contributed by atoms with E-state index in [-0.39, 0.29) is 0 Å². The van der Waals surface area contributed by atoms with Gasteiger partial charge in [0.25, 0.3) is 0 Å². The van der Waals surface area contributed by atoms with E-state index in [0.717, 1.165) is 0 Å². The summed E-state index contributed by atoms with van der Waals surface area (Å²) in [5, 5.41) is 0. The SMILES string of the molecule is CCC(C)(CC)CC[CH]CCC(CC)(CC)CC. The maximum atomic E-state index is 2.55. The lowest BCUT2D eigenvalue weighted by Crippen LogP contribution is -2.18. The zero-order valence-corrected chi connectivity index (χ0v) is 13.9. The maximum Gasteiger partial charge on any atom is -0.0305 e. The van der Waals surface area contributed by atoms with Crippen LogP contribution in [0.15, 0.2) is 0 Å². The van der Waals surface area contributed by atoms with Gasteiger partial charge in [0.2, 0.25) is 0 Å². The summed E-state index contributed by atoms with van der Waals surface area (Å²) in [5.41, 5.74) is 1.20. The predicted octanol–water partition coefficient (Wildman–Crippen LogP) is 6.79. The minimum Gasteiger partial charge on any atom is -0.0649 e. The molecule has 0 N–H and O–H groups in total. The zero-order chi connectivity index (χ0) is 14.1. The van der Waals surface area contributed by atoms with Gasteiger partial charge < -0.3 is 0 Å². The van der Waals surface area contributed by atoms with Crippen LogP contribution >= 0.6 is 0 Å². The maximum absolute atomic E-state index is 2.55. The van der Waals surface area contributed by atoms with Gasteiger partial charge in [-0.2, -0.15) is 0 Å². The van der Waals surface area contributed by atoms with Crippen molar-refractivity contribution in [3.63, 3.8) is 0 Å². The van der Waals surface area contributed by atoms with E-state index in [0.29, 0.717) is 10.8 Å². The lowest BCUT2D eigenvalue weighted by molar-refractivity contribution is 0.225. The summed E-state index contributed by atoms with van der Waals surface area (Å²) in [7, 11) is 0. The average molecular weight is 253 g/mol. The molecule has 0 saturated carbocycles. The van der Waals surface area contributed by atoms with Crippen LogP contribution in [-0.4, -0.2) is 0 Å². The van der Waals surface area contributed by atoms with Crippen LogP contribution in [0.25, 0.3) is 0 Å². The molecule has 0 aromatic heterocycles. The molecule has 0 saturated heterocycles. The van der Waals surface area contributed by atoms with E-state index in [1.807, 2.05) is 0 Å². The van der Waals surface area contributed by atoms with Crippen molar-refractivity contribution in [3.8, 4) is 0 Å². The molecule has 0 fully saturated rings. The van der Waals surface area contributed by atoms with Crippen LogP contribution in [0.4, 0.5) is 0 Å². The van der Waals surface area contributed by atoms with Crippen LogP contribution in [0.1, 0.15) is 99.3 Å². The number of hydrogen-bond acceptors (Lipinski definition) is 0. The summed E-state index contributed by atoms with van der Waals surface area (Å²) in [6.45, 7) is 14.2. The molecule has 109 valence electrons. The van der Waals surface area contributed by atoms with Gasteiger partial charge in [-0.3, -0.25) is 0 Å². The van der Waals surface area contributed by atoms with Gasteiger partial charge in [0.15, 0.2) is 0 Å². The predicted molar refractivity (Wildman–Crippen MR) is 84.8 cm³/mol. The van der Waals surface area contributed by atoms with Crippen LogP contribution in [-0.2, 0) is 0 Å². The first-order valence-corrected chi connectivity index (χ1v) is 8.33. The van der Waals surface area contributed by atoms with Crippen molar-refractivity contribution in [3.05, 3.63) is 6.42 Å². The third-order valence-electron chi connectivity index (χ3n) is 5.79. The van der Waals surface area contributed by atoms with E-state index in [9.17, 15) is 0 Å². The summed E-state index contributed by atoms with van der Waals surface area (Å²) in [4.78, 5) is 0. The van der Waals surface area contributed by atoms with Gasteiger partial charge in [-0.05, 0) is 42.9 Å². The van der Waals surface area contributed by atoms with Crippen molar-refractivity contribution < 1.29 is 0 Å². The lowest BCUT2D eigenvalue weighted by Gasteiger charge is -2.31. The van der Waals surface area contributed by atoms with E-state index in [2.05, 4.69) is 48.0 Å². The molecule has 0 heterocycles. The monoisotopic (exact) mass is 253 g/mol. The van der Waals surface area contributed by atoms with Crippen LogP contribution in [0.2, 0.25) is 0 Å². The molecule has 0 spiro atoms. The van der Waals surface area contributed by atoms with Crippen molar-refractivity contribution in [2.45, 2.75) is 99.3 Å². The molecule has 0 aliphatic carbocycles. The van der Waals surface area contributed by atoms with E-state index in [4.69, 9.17) is 0 Å². The summed E-state index contributed by atoms with van der Waals surface area (Å²) < 4.78 is 0. The highest BCUT2D eigenvalue weighted by Crippen LogP contribution is 2.37. The first kappa shape index (κ1) is 18.0. The molecule has 0 nitrogen and oxygen atoms in total. The van der Waals surface area contributed by atoms with Crippen LogP contribution in [0.3, 0.4) is 0 Å². The second kappa shape index (κ2) is 8.99. The number of unbranched alkanes of at least 4 members (excludes halogenated alkanes) is 2. The fourth-order valence-electron chi connectivity index (χ4n) is 2.89. The third-order valence-corrected chi connectivity index (χ3v) is 5.79. The van der Waals surface area contributed by atoms with Gasteiger partial charge in [0, 0.05) is 0 Å². The molecule has 1 radical (unpaired) electrons. The van der Waals surface area contributed by atoms with E-state index in [1.165, 1.54) is 57.8 Å². The van der Waals surface area contributed by atoms with Gasteiger partial charge in [0.1, 0.15) is 0 Å². The summed E-state index contributed by atoms with van der Waals surface area (Å²) in [6, 6.07) is 0. The van der Waals surface area contributed by atoms with E-state index in [1.54, 1.807) is 0 Å². The van der Waals surface area contributed by atoms with Crippen LogP contribution < -0.4 is 0 Å². The standard InChI is InChI=1S/C18H37/c1-7-17(6,8-2)15-13-12-14-16-18(9-3,10-4)11-5/h12H,7-11,13-16H2,1-6H3. The first-order chi connectivity index (χ1) is 8.51. The zero-order valence-electron chi connectivity index (χ0n) is 13.9. The number of rotatable bonds is 11. The molecule has 0 atom stereocenters. The topological polar surface area (TPSA) is 0 Å². The third kappa shape index (κ3) is 5.76. The Hall–Kier alpha value is 0. The van der Waals surface area contributed by atoms with Crippen molar-refractivity contribution in [1.82, 2.24) is 0 Å². The van der Waals surface area contributed by atoms with Gasteiger partial charge in [-0.15, -0.1) is 0 Å². The fraction of sp³-hybridized carbons (Fsp3) is 0.944. The Morgan fingerprint density at radius 3 is 1.50 bits per heavy atom. The van der Waals surface area contributed by atoms with Crippen LogP contribution in [0.5, 0.6) is 0 Å². The fourth-order valence-corrected chi connectivity index (χ4v) is 2.89. The molecule has 0 unspecified atom stereocenters. The summed E-state index contributed by atoms with van der Waals surface area (Å²) in [5.74, 6) is 0. The smallest absolute Gasteiger partial charge is 0.0305 e. The highest BCUT2D eigenvalue weighted by atomic mass is 14.3. The molecule has 0 rings (SSSR count). The van der Waals surface area contributed by atoms with Crippen molar-refractivity contribution in [2.24, 2.45) is 10.8 Å². The Morgan fingerprint density at radius 1 is 0.667 bits per heavy atom.